The Morgan fingerprint density at radius 2 is 2.33 bits per heavy atom. The average molecular weight is 204 g/mol. The highest BCUT2D eigenvalue weighted by Gasteiger charge is 2.33. The molecule has 1 aromatic rings. The molecule has 2 nitrogen and oxygen atoms in total. The van der Waals surface area contributed by atoms with E-state index in [-0.39, 0.29) is 0 Å². The summed E-state index contributed by atoms with van der Waals surface area (Å²) in [5.74, 6) is 1.87. The molecule has 2 N–H and O–H groups in total. The third kappa shape index (κ3) is 1.61. The van der Waals surface area contributed by atoms with E-state index in [1.807, 2.05) is 0 Å². The second kappa shape index (κ2) is 3.38. The number of fused-ring (bicyclic) bond motifs is 1. The molecule has 0 amide bonds. The summed E-state index contributed by atoms with van der Waals surface area (Å²) in [7, 11) is 0. The first-order chi connectivity index (χ1) is 7.25. The highest BCUT2D eigenvalue weighted by Crippen LogP contribution is 2.40. The molecular weight excluding hydrogens is 184 g/mol. The zero-order chi connectivity index (χ0) is 10.4. The van der Waals surface area contributed by atoms with Crippen LogP contribution < -0.4 is 5.73 Å². The molecule has 15 heavy (non-hydrogen) atoms. The van der Waals surface area contributed by atoms with Crippen LogP contribution in [0.1, 0.15) is 43.5 Å². The van der Waals surface area contributed by atoms with Gasteiger partial charge in [-0.2, -0.15) is 0 Å². The van der Waals surface area contributed by atoms with Crippen LogP contribution in [0.15, 0.2) is 12.3 Å². The third-order valence-electron chi connectivity index (χ3n) is 4.15. The Hall–Kier alpha value is -0.760. The average Bonchev–Trinajstić information content (AvgIpc) is 2.75. The molecule has 0 bridgehead atoms. The van der Waals surface area contributed by atoms with Gasteiger partial charge in [0.05, 0.1) is 0 Å². The lowest BCUT2D eigenvalue weighted by molar-refractivity contribution is 0.518. The van der Waals surface area contributed by atoms with Crippen LogP contribution in [0, 0.1) is 11.8 Å². The van der Waals surface area contributed by atoms with Crippen LogP contribution in [0.4, 0.5) is 0 Å². The SMILES string of the molecule is CC1CC1Cn1ccc2c1CCCC2N. The Balaban J connectivity index is 1.83. The Kier molecular flexibility index (Phi) is 2.13. The summed E-state index contributed by atoms with van der Waals surface area (Å²) in [5, 5.41) is 0. The number of hydrogen-bond donors (Lipinski definition) is 1. The van der Waals surface area contributed by atoms with Crippen LogP contribution in [0.25, 0.3) is 0 Å². The van der Waals surface area contributed by atoms with E-state index in [4.69, 9.17) is 5.73 Å². The van der Waals surface area contributed by atoms with Crippen molar-refractivity contribution in [2.45, 2.75) is 45.2 Å². The van der Waals surface area contributed by atoms with Gasteiger partial charge in [-0.15, -0.1) is 0 Å². The summed E-state index contributed by atoms with van der Waals surface area (Å²) in [6, 6.07) is 2.54. The molecular formula is C13H20N2. The lowest BCUT2D eigenvalue weighted by atomic mass is 9.93. The molecule has 82 valence electrons. The highest BCUT2D eigenvalue weighted by molar-refractivity contribution is 5.28. The molecule has 2 heteroatoms. The fourth-order valence-electron chi connectivity index (χ4n) is 2.87. The van der Waals surface area contributed by atoms with E-state index in [0.717, 1.165) is 18.3 Å². The van der Waals surface area contributed by atoms with Crippen LogP contribution in [0.5, 0.6) is 0 Å². The second-order valence-electron chi connectivity index (χ2n) is 5.34. The first-order valence-electron chi connectivity index (χ1n) is 6.19. The summed E-state index contributed by atoms with van der Waals surface area (Å²) in [6.07, 6.45) is 7.33. The molecule has 1 saturated carbocycles. The largest absolute Gasteiger partial charge is 0.351 e. The first-order valence-corrected chi connectivity index (χ1v) is 6.19. The minimum atomic E-state index is 0.298. The molecule has 0 aromatic carbocycles. The lowest BCUT2D eigenvalue weighted by Crippen LogP contribution is -2.18. The minimum Gasteiger partial charge on any atom is -0.351 e. The van der Waals surface area contributed by atoms with Gasteiger partial charge in [-0.1, -0.05) is 6.92 Å². The number of aromatic nitrogens is 1. The van der Waals surface area contributed by atoms with Gasteiger partial charge in [0.2, 0.25) is 0 Å². The van der Waals surface area contributed by atoms with E-state index < -0.39 is 0 Å². The van der Waals surface area contributed by atoms with E-state index >= 15 is 0 Å². The van der Waals surface area contributed by atoms with Gasteiger partial charge in [-0.3, -0.25) is 0 Å². The van der Waals surface area contributed by atoms with Crippen molar-refractivity contribution in [3.8, 4) is 0 Å². The van der Waals surface area contributed by atoms with E-state index in [1.54, 1.807) is 0 Å². The number of nitrogens with zero attached hydrogens (tertiary/aromatic N) is 1. The predicted molar refractivity (Wildman–Crippen MR) is 61.6 cm³/mol. The van der Waals surface area contributed by atoms with Gasteiger partial charge < -0.3 is 10.3 Å². The molecule has 0 radical (unpaired) electrons. The third-order valence-corrected chi connectivity index (χ3v) is 4.15. The molecule has 2 aliphatic carbocycles. The van der Waals surface area contributed by atoms with Crippen molar-refractivity contribution in [3.05, 3.63) is 23.5 Å². The van der Waals surface area contributed by atoms with Gasteiger partial charge in [-0.05, 0) is 49.1 Å². The van der Waals surface area contributed by atoms with Crippen LogP contribution in [-0.2, 0) is 13.0 Å². The van der Waals surface area contributed by atoms with Gasteiger partial charge in [0.15, 0.2) is 0 Å². The van der Waals surface area contributed by atoms with Gasteiger partial charge in [0.1, 0.15) is 0 Å². The molecule has 1 aromatic heterocycles. The van der Waals surface area contributed by atoms with Gasteiger partial charge in [0.25, 0.3) is 0 Å². The molecule has 3 unspecified atom stereocenters. The Bertz CT molecular complexity index is 367. The maximum absolute atomic E-state index is 6.12. The minimum absolute atomic E-state index is 0.298. The van der Waals surface area contributed by atoms with Gasteiger partial charge in [-0.25, -0.2) is 0 Å². The summed E-state index contributed by atoms with van der Waals surface area (Å²) in [4.78, 5) is 0. The summed E-state index contributed by atoms with van der Waals surface area (Å²) in [6.45, 7) is 3.58. The van der Waals surface area contributed by atoms with Gasteiger partial charge >= 0.3 is 0 Å². The number of rotatable bonds is 2. The molecule has 0 saturated heterocycles. The zero-order valence-corrected chi connectivity index (χ0v) is 9.45. The summed E-state index contributed by atoms with van der Waals surface area (Å²) in [5.41, 5.74) is 9.05. The van der Waals surface area contributed by atoms with Crippen LogP contribution in [-0.4, -0.2) is 4.57 Å². The fraction of sp³-hybridized carbons (Fsp3) is 0.692. The summed E-state index contributed by atoms with van der Waals surface area (Å²) >= 11 is 0. The molecule has 1 fully saturated rings. The number of nitrogens with two attached hydrogens (primary N) is 1. The maximum atomic E-state index is 6.12. The van der Waals surface area contributed by atoms with E-state index in [2.05, 4.69) is 23.8 Å². The van der Waals surface area contributed by atoms with Crippen molar-refractivity contribution in [2.24, 2.45) is 17.6 Å². The molecule has 3 rings (SSSR count). The molecule has 0 spiro atoms. The highest BCUT2D eigenvalue weighted by atomic mass is 15.0. The van der Waals surface area contributed by atoms with Crippen LogP contribution >= 0.6 is 0 Å². The molecule has 0 aliphatic heterocycles. The van der Waals surface area contributed by atoms with Crippen LogP contribution in [0.3, 0.4) is 0 Å². The van der Waals surface area contributed by atoms with Gasteiger partial charge in [0, 0.05) is 24.5 Å². The molecule has 1 heterocycles. The Morgan fingerprint density at radius 3 is 3.07 bits per heavy atom. The Morgan fingerprint density at radius 1 is 1.53 bits per heavy atom. The van der Waals surface area contributed by atoms with E-state index in [9.17, 15) is 0 Å². The molecule has 2 aliphatic rings. The zero-order valence-electron chi connectivity index (χ0n) is 9.45. The van der Waals surface area contributed by atoms with E-state index in [1.165, 1.54) is 37.1 Å². The van der Waals surface area contributed by atoms with Crippen molar-refractivity contribution in [1.29, 1.82) is 0 Å². The van der Waals surface area contributed by atoms with Crippen molar-refractivity contribution in [2.75, 3.05) is 0 Å². The van der Waals surface area contributed by atoms with Crippen molar-refractivity contribution >= 4 is 0 Å². The lowest BCUT2D eigenvalue weighted by Gasteiger charge is -2.21. The van der Waals surface area contributed by atoms with E-state index in [0.29, 0.717) is 6.04 Å². The maximum Gasteiger partial charge on any atom is 0.0312 e. The first kappa shape index (κ1) is 9.46. The van der Waals surface area contributed by atoms with Crippen molar-refractivity contribution in [1.82, 2.24) is 4.57 Å². The standard InChI is InChI=1S/C13H20N2/c1-9-7-10(9)8-15-6-5-11-12(14)3-2-4-13(11)15/h5-6,9-10,12H,2-4,7-8,14H2,1H3. The topological polar surface area (TPSA) is 30.9 Å². The van der Waals surface area contributed by atoms with Crippen molar-refractivity contribution in [3.63, 3.8) is 0 Å². The molecule has 3 atom stereocenters. The Labute approximate surface area is 91.5 Å². The van der Waals surface area contributed by atoms with Crippen LogP contribution in [0.2, 0.25) is 0 Å². The summed E-state index contributed by atoms with van der Waals surface area (Å²) < 4.78 is 2.46. The fourth-order valence-corrected chi connectivity index (χ4v) is 2.87. The normalized spacial score (nSPS) is 33.9. The smallest absolute Gasteiger partial charge is 0.0312 e. The number of hydrogen-bond acceptors (Lipinski definition) is 1. The predicted octanol–water partition coefficient (Wildman–Crippen LogP) is 2.48. The second-order valence-corrected chi connectivity index (χ2v) is 5.34. The monoisotopic (exact) mass is 204 g/mol. The van der Waals surface area contributed by atoms with Crippen molar-refractivity contribution < 1.29 is 0 Å². The quantitative estimate of drug-likeness (QED) is 0.788.